The van der Waals surface area contributed by atoms with E-state index < -0.39 is 37.2 Å². The molecule has 3 N–H and O–H groups in total. The van der Waals surface area contributed by atoms with Gasteiger partial charge in [0, 0.05) is 49.6 Å². The van der Waals surface area contributed by atoms with E-state index in [4.69, 9.17) is 5.73 Å². The number of para-hydroxylation sites is 1. The number of sulfonamides is 1. The predicted octanol–water partition coefficient (Wildman–Crippen LogP) is -1.48. The third-order valence-corrected chi connectivity index (χ3v) is 12.4. The molecule has 1 aromatic rings. The number of carbonyl (C=O) groups excluding carboxylic acids is 1. The molecule has 0 radical (unpaired) electrons. The Hall–Kier alpha value is -1.40. The molecule has 1 amide bonds. The van der Waals surface area contributed by atoms with Crippen LogP contribution in [0.3, 0.4) is 0 Å². The van der Waals surface area contributed by atoms with Crippen LogP contribution in [0.5, 0.6) is 0 Å². The number of hydrogen-bond donors (Lipinski definition) is 2. The van der Waals surface area contributed by atoms with Crippen LogP contribution in [-0.2, 0) is 24.7 Å². The van der Waals surface area contributed by atoms with E-state index >= 15 is 0 Å². The summed E-state index contributed by atoms with van der Waals surface area (Å²) in [6.07, 6.45) is 3.55. The van der Waals surface area contributed by atoms with Gasteiger partial charge in [-0.1, -0.05) is 32.0 Å². The van der Waals surface area contributed by atoms with Gasteiger partial charge >= 0.3 is 0 Å². The fraction of sp³-hybridized carbons (Fsp3) is 0.731. The van der Waals surface area contributed by atoms with Crippen molar-refractivity contribution in [3.63, 3.8) is 0 Å². The van der Waals surface area contributed by atoms with E-state index in [0.29, 0.717) is 38.5 Å². The number of nitrogens with two attached hydrogens (primary N) is 1. The number of fused-ring (bicyclic) bond motifs is 2. The second-order valence-electron chi connectivity index (χ2n) is 11.9. The van der Waals surface area contributed by atoms with Crippen molar-refractivity contribution in [3.05, 3.63) is 29.8 Å². The standard InChI is InChI=1S/C26H42N4O5S2.ClH/c1-19-7-5-6-8-22(19)29-12-14-30(15-13-29)37(34,35)18-26-11-9-20(25(26,2)3)17-23(26)28-24(31)21(27)10-16-36(4,32)33;/h5-8,20-21,23H,9-18,27H2,1-4H3,(H,28,31);1H/p-1/t20?,21-,23?,26+;/m0./s1. The lowest BCUT2D eigenvalue weighted by atomic mass is 9.69. The minimum atomic E-state index is -3.57. The average Bonchev–Trinajstić information content (AvgIpc) is 3.17. The second kappa shape index (κ2) is 11.2. The predicted molar refractivity (Wildman–Crippen MR) is 147 cm³/mol. The molecule has 9 nitrogen and oxygen atoms in total. The van der Waals surface area contributed by atoms with E-state index in [0.717, 1.165) is 24.8 Å². The minimum Gasteiger partial charge on any atom is -1.00 e. The molecular formula is C26H42ClN4O5S2-. The summed E-state index contributed by atoms with van der Waals surface area (Å²) in [5.41, 5.74) is 7.50. The summed E-state index contributed by atoms with van der Waals surface area (Å²) in [4.78, 5) is 15.2. The lowest BCUT2D eigenvalue weighted by Gasteiger charge is -2.44. The molecular weight excluding hydrogens is 548 g/mol. The van der Waals surface area contributed by atoms with Crippen molar-refractivity contribution in [2.75, 3.05) is 48.8 Å². The summed E-state index contributed by atoms with van der Waals surface area (Å²) in [6, 6.07) is 6.90. The van der Waals surface area contributed by atoms with Crippen LogP contribution in [-0.4, -0.2) is 83.1 Å². The Balaban J connectivity index is 0.00000400. The molecule has 1 aromatic carbocycles. The first-order chi connectivity index (χ1) is 17.2. The van der Waals surface area contributed by atoms with Crippen LogP contribution in [0.25, 0.3) is 0 Å². The van der Waals surface area contributed by atoms with Gasteiger partial charge in [-0.2, -0.15) is 4.31 Å². The zero-order valence-electron chi connectivity index (χ0n) is 22.8. The van der Waals surface area contributed by atoms with E-state index in [2.05, 4.69) is 43.1 Å². The number of amides is 1. The number of benzene rings is 1. The largest absolute Gasteiger partial charge is 1.00 e. The molecule has 2 saturated carbocycles. The quantitative estimate of drug-likeness (QED) is 0.359. The molecule has 38 heavy (non-hydrogen) atoms. The zero-order valence-corrected chi connectivity index (χ0v) is 25.2. The molecule has 12 heteroatoms. The molecule has 4 rings (SSSR count). The van der Waals surface area contributed by atoms with Crippen molar-refractivity contribution in [1.82, 2.24) is 9.62 Å². The molecule has 2 bridgehead atoms. The van der Waals surface area contributed by atoms with Gasteiger partial charge in [-0.05, 0) is 55.6 Å². The molecule has 0 spiro atoms. The molecule has 2 unspecified atom stereocenters. The van der Waals surface area contributed by atoms with E-state index in [1.54, 1.807) is 4.31 Å². The van der Waals surface area contributed by atoms with Crippen molar-refractivity contribution >= 4 is 31.5 Å². The molecule has 3 aliphatic rings. The Kier molecular flexibility index (Phi) is 9.20. The molecule has 1 heterocycles. The van der Waals surface area contributed by atoms with Gasteiger partial charge in [-0.25, -0.2) is 16.8 Å². The number of nitrogens with one attached hydrogen (secondary N) is 1. The average molecular weight is 590 g/mol. The summed E-state index contributed by atoms with van der Waals surface area (Å²) in [5, 5.41) is 3.05. The Labute approximate surface area is 234 Å². The number of sulfone groups is 1. The van der Waals surface area contributed by atoms with Gasteiger partial charge in [0.2, 0.25) is 15.9 Å². The maximum absolute atomic E-state index is 13.8. The maximum Gasteiger partial charge on any atom is 0.237 e. The van der Waals surface area contributed by atoms with Crippen molar-refractivity contribution in [2.45, 2.75) is 58.5 Å². The van der Waals surface area contributed by atoms with Crippen molar-refractivity contribution < 1.29 is 34.0 Å². The van der Waals surface area contributed by atoms with Gasteiger partial charge < -0.3 is 28.4 Å². The first-order valence-electron chi connectivity index (χ1n) is 13.2. The summed E-state index contributed by atoms with van der Waals surface area (Å²) in [5.74, 6) is -0.245. The van der Waals surface area contributed by atoms with Crippen molar-refractivity contribution in [1.29, 1.82) is 0 Å². The molecule has 3 fully saturated rings. The number of carbonyl (C=O) groups is 1. The van der Waals surface area contributed by atoms with Crippen LogP contribution < -0.4 is 28.4 Å². The number of piperazine rings is 1. The lowest BCUT2D eigenvalue weighted by molar-refractivity contribution is -0.124. The number of halogens is 1. The van der Waals surface area contributed by atoms with Crippen LogP contribution in [0.15, 0.2) is 24.3 Å². The summed E-state index contributed by atoms with van der Waals surface area (Å²) in [6.45, 7) is 8.47. The Bertz CT molecular complexity index is 1230. The Morgan fingerprint density at radius 1 is 1.13 bits per heavy atom. The first kappa shape index (κ1) is 31.1. The van der Waals surface area contributed by atoms with Crippen molar-refractivity contribution in [2.24, 2.45) is 22.5 Å². The third kappa shape index (κ3) is 6.01. The topological polar surface area (TPSA) is 130 Å². The lowest BCUT2D eigenvalue weighted by Crippen LogP contribution is -3.00. The van der Waals surface area contributed by atoms with Gasteiger partial charge in [-0.3, -0.25) is 4.79 Å². The molecule has 1 saturated heterocycles. The Morgan fingerprint density at radius 2 is 1.76 bits per heavy atom. The van der Waals surface area contributed by atoms with Crippen molar-refractivity contribution in [3.8, 4) is 0 Å². The Morgan fingerprint density at radius 3 is 2.34 bits per heavy atom. The highest BCUT2D eigenvalue weighted by Gasteiger charge is 2.66. The van der Waals surface area contributed by atoms with E-state index in [1.807, 2.05) is 12.1 Å². The summed E-state index contributed by atoms with van der Waals surface area (Å²) < 4.78 is 52.2. The highest BCUT2D eigenvalue weighted by atomic mass is 35.5. The highest BCUT2D eigenvalue weighted by molar-refractivity contribution is 7.90. The van der Waals surface area contributed by atoms with Gasteiger partial charge in [0.1, 0.15) is 9.84 Å². The van der Waals surface area contributed by atoms with Gasteiger partial charge in [0.25, 0.3) is 0 Å². The number of anilines is 1. The number of rotatable bonds is 9. The molecule has 0 aromatic heterocycles. The zero-order chi connectivity index (χ0) is 27.2. The smallest absolute Gasteiger partial charge is 0.237 e. The summed E-state index contributed by atoms with van der Waals surface area (Å²) >= 11 is 0. The summed E-state index contributed by atoms with van der Waals surface area (Å²) in [7, 11) is -6.80. The maximum atomic E-state index is 13.8. The molecule has 2 aliphatic carbocycles. The molecule has 216 valence electrons. The van der Waals surface area contributed by atoms with E-state index in [1.165, 1.54) is 5.56 Å². The third-order valence-electron chi connectivity index (χ3n) is 9.41. The highest BCUT2D eigenvalue weighted by Crippen LogP contribution is 2.66. The second-order valence-corrected chi connectivity index (χ2v) is 16.1. The van der Waals surface area contributed by atoms with Gasteiger partial charge in [0.05, 0.1) is 17.5 Å². The van der Waals surface area contributed by atoms with Gasteiger partial charge in [-0.15, -0.1) is 0 Å². The van der Waals surface area contributed by atoms with Crippen LogP contribution in [0.4, 0.5) is 5.69 Å². The number of hydrogen-bond acceptors (Lipinski definition) is 7. The minimum absolute atomic E-state index is 0. The van der Waals surface area contributed by atoms with Crippen LogP contribution in [0.2, 0.25) is 0 Å². The number of aryl methyl sites for hydroxylation is 1. The van der Waals surface area contributed by atoms with Crippen LogP contribution >= 0.6 is 0 Å². The van der Waals surface area contributed by atoms with Crippen LogP contribution in [0, 0.1) is 23.7 Å². The molecule has 1 aliphatic heterocycles. The first-order valence-corrected chi connectivity index (χ1v) is 16.9. The van der Waals surface area contributed by atoms with E-state index in [9.17, 15) is 21.6 Å². The SMILES string of the molecule is Cc1ccccc1N1CCN(S(=O)(=O)C[C@]23CCC(CC2NC(=O)[C@@H](N)CCS(C)(=O)=O)C3(C)C)CC1.[Cl-]. The number of nitrogens with zero attached hydrogens (tertiary/aromatic N) is 2. The fourth-order valence-electron chi connectivity index (χ4n) is 6.92. The van der Waals surface area contributed by atoms with Crippen LogP contribution in [0.1, 0.15) is 45.1 Å². The van der Waals surface area contributed by atoms with E-state index in [-0.39, 0.29) is 41.8 Å². The van der Waals surface area contributed by atoms with Gasteiger partial charge in [0.15, 0.2) is 0 Å². The normalized spacial score (nSPS) is 28.1. The fourth-order valence-corrected chi connectivity index (χ4v) is 9.87. The molecule has 4 atom stereocenters. The monoisotopic (exact) mass is 589 g/mol.